The molecule has 1 aromatic carbocycles. The number of imidazole rings is 1. The summed E-state index contributed by atoms with van der Waals surface area (Å²) in [5.41, 5.74) is 2.12. The Bertz CT molecular complexity index is 838. The standard InChI is InChI=1S/C19H24N4O2S/c1-14-13-21-17(23(14)11-12-25-2)9-10-20-18(24)7-8-19-22-15-5-3-4-6-16(15)26-19/h3-6,13H,7-12H2,1-2H3,(H,20,24). The van der Waals surface area contributed by atoms with Crippen LogP contribution in [0.3, 0.4) is 0 Å². The minimum absolute atomic E-state index is 0.0518. The van der Waals surface area contributed by atoms with Gasteiger partial charge in [0, 0.05) is 51.4 Å². The number of hydrogen-bond donors (Lipinski definition) is 1. The summed E-state index contributed by atoms with van der Waals surface area (Å²) in [4.78, 5) is 21.1. The molecule has 0 radical (unpaired) electrons. The molecule has 0 bridgehead atoms. The molecule has 6 nitrogen and oxygen atoms in total. The largest absolute Gasteiger partial charge is 0.383 e. The minimum atomic E-state index is 0.0518. The first-order chi connectivity index (χ1) is 12.7. The fourth-order valence-electron chi connectivity index (χ4n) is 2.85. The van der Waals surface area contributed by atoms with Crippen molar-refractivity contribution in [1.82, 2.24) is 19.9 Å². The first kappa shape index (κ1) is 18.5. The number of methoxy groups -OCH3 is 1. The quantitative estimate of drug-likeness (QED) is 0.627. The van der Waals surface area contributed by atoms with E-state index in [1.54, 1.807) is 18.4 Å². The minimum Gasteiger partial charge on any atom is -0.383 e. The van der Waals surface area contributed by atoms with Crippen molar-refractivity contribution < 1.29 is 9.53 Å². The summed E-state index contributed by atoms with van der Waals surface area (Å²) in [6.45, 7) is 4.05. The number of nitrogens with one attached hydrogen (secondary N) is 1. The van der Waals surface area contributed by atoms with E-state index in [-0.39, 0.29) is 5.91 Å². The number of aromatic nitrogens is 3. The zero-order valence-corrected chi connectivity index (χ0v) is 16.0. The van der Waals surface area contributed by atoms with Gasteiger partial charge in [0.15, 0.2) is 0 Å². The molecule has 0 unspecified atom stereocenters. The molecule has 26 heavy (non-hydrogen) atoms. The summed E-state index contributed by atoms with van der Waals surface area (Å²) < 4.78 is 8.44. The van der Waals surface area contributed by atoms with Crippen LogP contribution in [0.25, 0.3) is 10.2 Å². The molecule has 0 spiro atoms. The van der Waals surface area contributed by atoms with Crippen LogP contribution in [0.1, 0.15) is 22.9 Å². The van der Waals surface area contributed by atoms with E-state index in [4.69, 9.17) is 4.74 Å². The fourth-order valence-corrected chi connectivity index (χ4v) is 3.81. The highest BCUT2D eigenvalue weighted by atomic mass is 32.1. The normalized spacial score (nSPS) is 11.2. The van der Waals surface area contributed by atoms with Gasteiger partial charge in [0.1, 0.15) is 5.82 Å². The molecule has 0 aliphatic carbocycles. The number of carbonyl (C=O) groups is 1. The number of rotatable bonds is 9. The Morgan fingerprint density at radius 2 is 2.15 bits per heavy atom. The molecule has 1 amide bonds. The average Bonchev–Trinajstić information content (AvgIpc) is 3.21. The van der Waals surface area contributed by atoms with Gasteiger partial charge in [-0.1, -0.05) is 12.1 Å². The Morgan fingerprint density at radius 3 is 2.96 bits per heavy atom. The third-order valence-electron chi connectivity index (χ3n) is 4.23. The van der Waals surface area contributed by atoms with Crippen molar-refractivity contribution in [3.8, 4) is 0 Å². The van der Waals surface area contributed by atoms with Gasteiger partial charge in [-0.3, -0.25) is 4.79 Å². The number of para-hydroxylation sites is 1. The Hall–Kier alpha value is -2.25. The topological polar surface area (TPSA) is 69.0 Å². The van der Waals surface area contributed by atoms with E-state index in [2.05, 4.69) is 25.9 Å². The Morgan fingerprint density at radius 1 is 1.31 bits per heavy atom. The smallest absolute Gasteiger partial charge is 0.220 e. The van der Waals surface area contributed by atoms with Crippen LogP contribution in [0.5, 0.6) is 0 Å². The molecule has 0 saturated heterocycles. The van der Waals surface area contributed by atoms with Crippen molar-refractivity contribution in [1.29, 1.82) is 0 Å². The van der Waals surface area contributed by atoms with Crippen LogP contribution in [0.2, 0.25) is 0 Å². The molecule has 0 aliphatic heterocycles. The third kappa shape index (κ3) is 4.68. The fraction of sp³-hybridized carbons (Fsp3) is 0.421. The van der Waals surface area contributed by atoms with Gasteiger partial charge in [-0.2, -0.15) is 0 Å². The molecule has 7 heteroatoms. The maximum atomic E-state index is 12.1. The zero-order valence-electron chi connectivity index (χ0n) is 15.2. The highest BCUT2D eigenvalue weighted by Crippen LogP contribution is 2.22. The molecule has 0 fully saturated rings. The number of aryl methyl sites for hydroxylation is 2. The molecular weight excluding hydrogens is 348 g/mol. The molecule has 1 N–H and O–H groups in total. The van der Waals surface area contributed by atoms with Gasteiger partial charge in [-0.25, -0.2) is 9.97 Å². The SMILES string of the molecule is COCCn1c(C)cnc1CCNC(=O)CCc1nc2ccccc2s1. The van der Waals surface area contributed by atoms with E-state index >= 15 is 0 Å². The van der Waals surface area contributed by atoms with Crippen LogP contribution in [0, 0.1) is 6.92 Å². The van der Waals surface area contributed by atoms with E-state index in [1.165, 1.54) is 4.70 Å². The first-order valence-corrected chi connectivity index (χ1v) is 9.60. The van der Waals surface area contributed by atoms with E-state index in [1.807, 2.05) is 31.3 Å². The van der Waals surface area contributed by atoms with E-state index in [0.29, 0.717) is 32.4 Å². The molecule has 138 valence electrons. The predicted octanol–water partition coefficient (Wildman–Crippen LogP) is 2.74. The molecule has 0 atom stereocenters. The monoisotopic (exact) mass is 372 g/mol. The van der Waals surface area contributed by atoms with Crippen LogP contribution >= 0.6 is 11.3 Å². The lowest BCUT2D eigenvalue weighted by Gasteiger charge is -2.10. The van der Waals surface area contributed by atoms with E-state index in [9.17, 15) is 4.79 Å². The highest BCUT2D eigenvalue weighted by molar-refractivity contribution is 7.18. The Balaban J connectivity index is 1.44. The average molecular weight is 372 g/mol. The summed E-state index contributed by atoms with van der Waals surface area (Å²) in [7, 11) is 1.69. The third-order valence-corrected chi connectivity index (χ3v) is 5.33. The van der Waals surface area contributed by atoms with Crippen molar-refractivity contribution in [2.24, 2.45) is 0 Å². The second-order valence-electron chi connectivity index (χ2n) is 6.14. The Kier molecular flexibility index (Phi) is 6.35. The van der Waals surface area contributed by atoms with Crippen molar-refractivity contribution >= 4 is 27.5 Å². The van der Waals surface area contributed by atoms with Gasteiger partial charge < -0.3 is 14.6 Å². The zero-order chi connectivity index (χ0) is 18.4. The number of ether oxygens (including phenoxy) is 1. The maximum Gasteiger partial charge on any atom is 0.220 e. The Labute approximate surface area is 157 Å². The van der Waals surface area contributed by atoms with Crippen LogP contribution in [-0.4, -0.2) is 40.7 Å². The van der Waals surface area contributed by atoms with Crippen molar-refractivity contribution in [2.45, 2.75) is 32.7 Å². The van der Waals surface area contributed by atoms with Crippen LogP contribution in [0.15, 0.2) is 30.5 Å². The summed E-state index contributed by atoms with van der Waals surface area (Å²) in [5, 5.41) is 3.99. The van der Waals surface area contributed by atoms with Gasteiger partial charge in [-0.05, 0) is 19.1 Å². The van der Waals surface area contributed by atoms with Gasteiger partial charge in [-0.15, -0.1) is 11.3 Å². The number of nitrogens with zero attached hydrogens (tertiary/aromatic N) is 3. The first-order valence-electron chi connectivity index (χ1n) is 8.78. The second kappa shape index (κ2) is 8.91. The lowest BCUT2D eigenvalue weighted by atomic mass is 10.3. The van der Waals surface area contributed by atoms with Gasteiger partial charge >= 0.3 is 0 Å². The number of fused-ring (bicyclic) bond motifs is 1. The molecule has 0 saturated carbocycles. The van der Waals surface area contributed by atoms with Gasteiger partial charge in [0.2, 0.25) is 5.91 Å². The number of thiazole rings is 1. The second-order valence-corrected chi connectivity index (χ2v) is 7.25. The lowest BCUT2D eigenvalue weighted by Crippen LogP contribution is -2.27. The molecule has 3 aromatic rings. The summed E-state index contributed by atoms with van der Waals surface area (Å²) in [5.74, 6) is 1.03. The highest BCUT2D eigenvalue weighted by Gasteiger charge is 2.09. The number of benzene rings is 1. The molecule has 0 aliphatic rings. The molecule has 3 rings (SSSR count). The lowest BCUT2D eigenvalue weighted by molar-refractivity contribution is -0.121. The van der Waals surface area contributed by atoms with Crippen LogP contribution < -0.4 is 5.32 Å². The van der Waals surface area contributed by atoms with E-state index in [0.717, 1.165) is 28.6 Å². The molecule has 2 heterocycles. The number of amides is 1. The summed E-state index contributed by atoms with van der Waals surface area (Å²) >= 11 is 1.66. The predicted molar refractivity (Wildman–Crippen MR) is 103 cm³/mol. The van der Waals surface area contributed by atoms with Crippen molar-refractivity contribution in [3.63, 3.8) is 0 Å². The van der Waals surface area contributed by atoms with E-state index < -0.39 is 0 Å². The van der Waals surface area contributed by atoms with Crippen LogP contribution in [-0.2, 0) is 28.9 Å². The summed E-state index contributed by atoms with van der Waals surface area (Å²) in [6.07, 6.45) is 3.70. The molecular formula is C19H24N4O2S. The summed E-state index contributed by atoms with van der Waals surface area (Å²) in [6, 6.07) is 8.05. The van der Waals surface area contributed by atoms with Crippen molar-refractivity contribution in [3.05, 3.63) is 47.0 Å². The molecule has 2 aromatic heterocycles. The number of hydrogen-bond acceptors (Lipinski definition) is 5. The van der Waals surface area contributed by atoms with Gasteiger partial charge in [0.05, 0.1) is 21.8 Å². The maximum absolute atomic E-state index is 12.1. The van der Waals surface area contributed by atoms with Gasteiger partial charge in [0.25, 0.3) is 0 Å². The van der Waals surface area contributed by atoms with Crippen molar-refractivity contribution in [2.75, 3.05) is 20.3 Å². The number of carbonyl (C=O) groups excluding carboxylic acids is 1. The van der Waals surface area contributed by atoms with Crippen LogP contribution in [0.4, 0.5) is 0 Å².